The van der Waals surface area contributed by atoms with Crippen LogP contribution in [-0.2, 0) is 4.79 Å². The van der Waals surface area contributed by atoms with Crippen molar-refractivity contribution in [3.8, 4) is 11.8 Å². The van der Waals surface area contributed by atoms with Crippen LogP contribution in [0.1, 0.15) is 11.3 Å². The Morgan fingerprint density at radius 1 is 1.20 bits per heavy atom. The number of aromatic nitrogens is 1. The van der Waals surface area contributed by atoms with Crippen LogP contribution in [0.3, 0.4) is 0 Å². The lowest BCUT2D eigenvalue weighted by Crippen LogP contribution is -2.13. The predicted molar refractivity (Wildman–Crippen MR) is 98.2 cm³/mol. The molecule has 0 saturated heterocycles. The molecule has 0 radical (unpaired) electrons. The van der Waals surface area contributed by atoms with Crippen LogP contribution in [-0.4, -0.2) is 18.0 Å². The van der Waals surface area contributed by atoms with E-state index in [-0.39, 0.29) is 5.57 Å². The zero-order chi connectivity index (χ0) is 17.8. The van der Waals surface area contributed by atoms with E-state index in [0.29, 0.717) is 11.4 Å². The maximum atomic E-state index is 12.4. The molecule has 0 fully saturated rings. The van der Waals surface area contributed by atoms with E-state index in [1.54, 1.807) is 37.5 Å². The molecule has 0 spiro atoms. The van der Waals surface area contributed by atoms with Crippen LogP contribution in [0, 0.1) is 18.3 Å². The number of amides is 1. The molecule has 0 aliphatic carbocycles. The number of nitrogens with one attached hydrogen (secondary N) is 2. The molecular weight excluding hydrogens is 314 g/mol. The summed E-state index contributed by atoms with van der Waals surface area (Å²) in [6, 6.07) is 16.7. The van der Waals surface area contributed by atoms with Gasteiger partial charge in [-0.25, -0.2) is 0 Å². The molecule has 3 rings (SSSR count). The van der Waals surface area contributed by atoms with Gasteiger partial charge in [-0.2, -0.15) is 5.26 Å². The molecule has 0 aliphatic rings. The number of hydrogen-bond donors (Lipinski definition) is 2. The SMILES string of the molecule is COc1ccc(NC(=O)C(C#N)=Cc2c(C)[nH]c3ccccc23)cc1. The van der Waals surface area contributed by atoms with Crippen LogP contribution in [0.2, 0.25) is 0 Å². The van der Waals surface area contributed by atoms with Gasteiger partial charge in [-0.05, 0) is 43.3 Å². The van der Waals surface area contributed by atoms with Crippen molar-refractivity contribution < 1.29 is 9.53 Å². The third-order valence-corrected chi connectivity index (χ3v) is 3.95. The van der Waals surface area contributed by atoms with Gasteiger partial charge in [0.2, 0.25) is 0 Å². The molecule has 2 aromatic carbocycles. The van der Waals surface area contributed by atoms with E-state index in [2.05, 4.69) is 10.3 Å². The summed E-state index contributed by atoms with van der Waals surface area (Å²) in [5.41, 5.74) is 3.37. The first kappa shape index (κ1) is 16.3. The largest absolute Gasteiger partial charge is 0.497 e. The minimum Gasteiger partial charge on any atom is -0.497 e. The van der Waals surface area contributed by atoms with Gasteiger partial charge in [0.1, 0.15) is 17.4 Å². The molecule has 0 bridgehead atoms. The Hall–Kier alpha value is -3.52. The standard InChI is InChI=1S/C20H17N3O2/c1-13-18(17-5-3-4-6-19(17)22-13)11-14(12-21)20(24)23-15-7-9-16(25-2)10-8-15/h3-11,22H,1-2H3,(H,23,24). The number of nitriles is 1. The molecule has 3 aromatic rings. The number of H-pyrrole nitrogens is 1. The number of carbonyl (C=O) groups excluding carboxylic acids is 1. The highest BCUT2D eigenvalue weighted by Crippen LogP contribution is 2.24. The molecule has 2 N–H and O–H groups in total. The lowest BCUT2D eigenvalue weighted by Gasteiger charge is -2.05. The Morgan fingerprint density at radius 3 is 2.60 bits per heavy atom. The van der Waals surface area contributed by atoms with Crippen molar-refractivity contribution in [3.63, 3.8) is 0 Å². The average Bonchev–Trinajstić information content (AvgIpc) is 2.95. The summed E-state index contributed by atoms with van der Waals surface area (Å²) in [6.45, 7) is 1.92. The fourth-order valence-electron chi connectivity index (χ4n) is 2.65. The number of benzene rings is 2. The number of hydrogen-bond acceptors (Lipinski definition) is 3. The second-order valence-electron chi connectivity index (χ2n) is 5.56. The maximum absolute atomic E-state index is 12.4. The summed E-state index contributed by atoms with van der Waals surface area (Å²) in [6.07, 6.45) is 1.62. The number of nitrogens with zero attached hydrogens (tertiary/aromatic N) is 1. The Balaban J connectivity index is 1.90. The van der Waals surface area contributed by atoms with Crippen molar-refractivity contribution >= 4 is 28.6 Å². The Bertz CT molecular complexity index is 992. The highest BCUT2D eigenvalue weighted by molar-refractivity contribution is 6.11. The maximum Gasteiger partial charge on any atom is 0.266 e. The molecule has 1 heterocycles. The Morgan fingerprint density at radius 2 is 1.92 bits per heavy atom. The summed E-state index contributed by atoms with van der Waals surface area (Å²) in [5, 5.41) is 13.1. The predicted octanol–water partition coefficient (Wildman–Crippen LogP) is 4.03. The zero-order valence-corrected chi connectivity index (χ0v) is 14.0. The van der Waals surface area contributed by atoms with E-state index in [1.807, 2.05) is 37.3 Å². The second kappa shape index (κ2) is 6.93. The third-order valence-electron chi connectivity index (χ3n) is 3.95. The molecule has 0 atom stereocenters. The summed E-state index contributed by atoms with van der Waals surface area (Å²) in [4.78, 5) is 15.7. The summed E-state index contributed by atoms with van der Waals surface area (Å²) >= 11 is 0. The molecular formula is C20H17N3O2. The summed E-state index contributed by atoms with van der Waals surface area (Å²) < 4.78 is 5.09. The molecule has 25 heavy (non-hydrogen) atoms. The minimum absolute atomic E-state index is 0.0451. The van der Waals surface area contributed by atoms with Crippen LogP contribution in [0.5, 0.6) is 5.75 Å². The van der Waals surface area contributed by atoms with E-state index < -0.39 is 5.91 Å². The average molecular weight is 331 g/mol. The highest BCUT2D eigenvalue weighted by atomic mass is 16.5. The van der Waals surface area contributed by atoms with Gasteiger partial charge in [0.15, 0.2) is 0 Å². The molecule has 0 aliphatic heterocycles. The van der Waals surface area contributed by atoms with E-state index in [9.17, 15) is 10.1 Å². The Labute approximate surface area is 145 Å². The van der Waals surface area contributed by atoms with E-state index in [1.165, 1.54) is 0 Å². The van der Waals surface area contributed by atoms with Gasteiger partial charge in [0.25, 0.3) is 5.91 Å². The molecule has 0 saturated carbocycles. The fourth-order valence-corrected chi connectivity index (χ4v) is 2.65. The smallest absolute Gasteiger partial charge is 0.266 e. The lowest BCUT2D eigenvalue weighted by molar-refractivity contribution is -0.112. The highest BCUT2D eigenvalue weighted by Gasteiger charge is 2.13. The van der Waals surface area contributed by atoms with Gasteiger partial charge in [-0.15, -0.1) is 0 Å². The van der Waals surface area contributed by atoms with E-state index >= 15 is 0 Å². The van der Waals surface area contributed by atoms with Gasteiger partial charge >= 0.3 is 0 Å². The Kier molecular flexibility index (Phi) is 4.53. The first-order chi connectivity index (χ1) is 12.1. The van der Waals surface area contributed by atoms with Crippen molar-refractivity contribution in [2.75, 3.05) is 12.4 Å². The number of fused-ring (bicyclic) bond motifs is 1. The van der Waals surface area contributed by atoms with Crippen LogP contribution in [0.25, 0.3) is 17.0 Å². The first-order valence-electron chi connectivity index (χ1n) is 7.77. The normalized spacial score (nSPS) is 11.2. The van der Waals surface area contributed by atoms with Crippen LogP contribution >= 0.6 is 0 Å². The number of rotatable bonds is 4. The summed E-state index contributed by atoms with van der Waals surface area (Å²) in [7, 11) is 1.58. The van der Waals surface area contributed by atoms with Crippen molar-refractivity contribution in [1.82, 2.24) is 4.98 Å². The van der Waals surface area contributed by atoms with Crippen molar-refractivity contribution in [2.24, 2.45) is 0 Å². The van der Waals surface area contributed by atoms with Gasteiger partial charge in [0, 0.05) is 27.8 Å². The summed E-state index contributed by atoms with van der Waals surface area (Å²) in [5.74, 6) is 0.251. The number of methoxy groups -OCH3 is 1. The molecule has 0 unspecified atom stereocenters. The monoisotopic (exact) mass is 331 g/mol. The van der Waals surface area contributed by atoms with Gasteiger partial charge in [-0.3, -0.25) is 4.79 Å². The molecule has 1 amide bonds. The minimum atomic E-state index is -0.447. The lowest BCUT2D eigenvalue weighted by atomic mass is 10.1. The first-order valence-corrected chi connectivity index (χ1v) is 7.77. The van der Waals surface area contributed by atoms with Gasteiger partial charge in [-0.1, -0.05) is 18.2 Å². The van der Waals surface area contributed by atoms with E-state index in [0.717, 1.165) is 22.2 Å². The van der Waals surface area contributed by atoms with Gasteiger partial charge in [0.05, 0.1) is 7.11 Å². The number of aromatic amines is 1. The molecule has 124 valence electrons. The number of carbonyl (C=O) groups is 1. The van der Waals surface area contributed by atoms with Crippen LogP contribution in [0.15, 0.2) is 54.1 Å². The number of anilines is 1. The quantitative estimate of drug-likeness (QED) is 0.559. The fraction of sp³-hybridized carbons (Fsp3) is 0.100. The van der Waals surface area contributed by atoms with Crippen LogP contribution in [0.4, 0.5) is 5.69 Å². The van der Waals surface area contributed by atoms with E-state index in [4.69, 9.17) is 4.74 Å². The second-order valence-corrected chi connectivity index (χ2v) is 5.56. The topological polar surface area (TPSA) is 77.9 Å². The van der Waals surface area contributed by atoms with Crippen molar-refractivity contribution in [2.45, 2.75) is 6.92 Å². The van der Waals surface area contributed by atoms with Crippen LogP contribution < -0.4 is 10.1 Å². The molecule has 1 aromatic heterocycles. The number of aryl methyl sites for hydroxylation is 1. The van der Waals surface area contributed by atoms with Gasteiger partial charge < -0.3 is 15.0 Å². The number of ether oxygens (including phenoxy) is 1. The molecule has 5 heteroatoms. The number of para-hydroxylation sites is 1. The molecule has 5 nitrogen and oxygen atoms in total. The third kappa shape index (κ3) is 3.38. The zero-order valence-electron chi connectivity index (χ0n) is 14.0. The van der Waals surface area contributed by atoms with Crippen molar-refractivity contribution in [1.29, 1.82) is 5.26 Å². The van der Waals surface area contributed by atoms with Crippen molar-refractivity contribution in [3.05, 3.63) is 65.4 Å².